The number of aromatic nitrogens is 1. The highest BCUT2D eigenvalue weighted by atomic mass is 32.1. The van der Waals surface area contributed by atoms with Gasteiger partial charge in [-0.05, 0) is 24.5 Å². The highest BCUT2D eigenvalue weighted by Crippen LogP contribution is 2.35. The number of hydrogen-bond acceptors (Lipinski definition) is 5. The second-order valence-corrected chi connectivity index (χ2v) is 8.90. The number of hydrogen-bond donors (Lipinski definition) is 1. The summed E-state index contributed by atoms with van der Waals surface area (Å²) >= 11 is 1.32. The van der Waals surface area contributed by atoms with Gasteiger partial charge in [0, 0.05) is 31.0 Å². The minimum atomic E-state index is -1.01. The molecule has 7 nitrogen and oxygen atoms in total. The zero-order valence-electron chi connectivity index (χ0n) is 18.3. The summed E-state index contributed by atoms with van der Waals surface area (Å²) in [5.74, 6) is -1.90. The van der Waals surface area contributed by atoms with Crippen LogP contribution in [0.4, 0.5) is 10.8 Å². The lowest BCUT2D eigenvalue weighted by Crippen LogP contribution is -2.35. The van der Waals surface area contributed by atoms with Crippen LogP contribution >= 0.6 is 11.3 Å². The van der Waals surface area contributed by atoms with Gasteiger partial charge in [0.25, 0.3) is 0 Å². The minimum absolute atomic E-state index is 0.0997. The van der Waals surface area contributed by atoms with Crippen molar-refractivity contribution in [3.63, 3.8) is 0 Å². The molecule has 0 unspecified atom stereocenters. The average molecular weight is 464 g/mol. The third-order valence-electron chi connectivity index (χ3n) is 5.75. The highest BCUT2D eigenvalue weighted by molar-refractivity contribution is 7.14. The molecule has 1 atom stereocenters. The Bertz CT molecular complexity index is 1160. The zero-order valence-corrected chi connectivity index (χ0v) is 19.1. The molecule has 1 aliphatic rings. The summed E-state index contributed by atoms with van der Waals surface area (Å²) in [6.45, 7) is 0.682. The molecule has 33 heavy (non-hydrogen) atoms. The van der Waals surface area contributed by atoms with E-state index in [1.807, 2.05) is 60.0 Å². The Kier molecular flexibility index (Phi) is 6.84. The second kappa shape index (κ2) is 9.95. The summed E-state index contributed by atoms with van der Waals surface area (Å²) in [7, 11) is 1.63. The van der Waals surface area contributed by atoms with Crippen molar-refractivity contribution >= 4 is 39.9 Å². The van der Waals surface area contributed by atoms with Crippen LogP contribution in [0.2, 0.25) is 0 Å². The lowest BCUT2D eigenvalue weighted by molar-refractivity contribution is -0.140. The number of para-hydroxylation sites is 1. The molecule has 0 saturated carbocycles. The average Bonchev–Trinajstić information content (AvgIpc) is 3.47. The standard InChI is InChI=1S/C25H25N3O4S/c1-27(24(32)18(15-23(30)31)14-17-8-3-2-4-9-17)25-26-20(16-33-25)19-10-5-6-11-21(19)28-13-7-12-22(28)29/h2-6,8-11,16,18H,7,12-15H2,1H3,(H,30,31)/t18-/m1/s1. The van der Waals surface area contributed by atoms with Crippen LogP contribution in [0.15, 0.2) is 60.0 Å². The van der Waals surface area contributed by atoms with Crippen LogP contribution in [0.3, 0.4) is 0 Å². The fraction of sp³-hybridized carbons (Fsp3) is 0.280. The number of thiazole rings is 1. The molecule has 170 valence electrons. The number of aliphatic carboxylic acids is 1. The molecule has 3 aromatic rings. The number of anilines is 2. The SMILES string of the molecule is CN(C(=O)[C@@H](CC(=O)O)Cc1ccccc1)c1nc(-c2ccccc2N2CCCC2=O)cs1. The Hall–Kier alpha value is -3.52. The summed E-state index contributed by atoms with van der Waals surface area (Å²) in [5.41, 5.74) is 3.25. The molecule has 0 aliphatic carbocycles. The molecular formula is C25H25N3O4S. The molecule has 2 heterocycles. The molecule has 2 aromatic carbocycles. The summed E-state index contributed by atoms with van der Waals surface area (Å²) < 4.78 is 0. The van der Waals surface area contributed by atoms with Gasteiger partial charge in [0.2, 0.25) is 11.8 Å². The van der Waals surface area contributed by atoms with Crippen molar-refractivity contribution < 1.29 is 19.5 Å². The smallest absolute Gasteiger partial charge is 0.304 e. The molecule has 1 fully saturated rings. The molecule has 0 bridgehead atoms. The largest absolute Gasteiger partial charge is 0.481 e. The van der Waals surface area contributed by atoms with Crippen LogP contribution in [-0.2, 0) is 20.8 Å². The quantitative estimate of drug-likeness (QED) is 0.540. The van der Waals surface area contributed by atoms with E-state index in [1.54, 1.807) is 11.9 Å². The van der Waals surface area contributed by atoms with Crippen molar-refractivity contribution in [2.24, 2.45) is 5.92 Å². The molecule has 2 amide bonds. The van der Waals surface area contributed by atoms with Crippen LogP contribution in [0.5, 0.6) is 0 Å². The molecule has 0 radical (unpaired) electrons. The number of carboxylic acids is 1. The van der Waals surface area contributed by atoms with Gasteiger partial charge in [0.15, 0.2) is 5.13 Å². The van der Waals surface area contributed by atoms with Crippen LogP contribution < -0.4 is 9.80 Å². The van der Waals surface area contributed by atoms with Gasteiger partial charge >= 0.3 is 5.97 Å². The monoisotopic (exact) mass is 463 g/mol. The number of carboxylic acid groups (broad SMARTS) is 1. The van der Waals surface area contributed by atoms with E-state index in [-0.39, 0.29) is 18.2 Å². The Morgan fingerprint density at radius 3 is 2.58 bits per heavy atom. The lowest BCUT2D eigenvalue weighted by Gasteiger charge is -2.21. The first-order valence-electron chi connectivity index (χ1n) is 10.8. The normalized spacial score (nSPS) is 14.3. The third kappa shape index (κ3) is 5.12. The van der Waals surface area contributed by atoms with E-state index < -0.39 is 11.9 Å². The molecule has 8 heteroatoms. The highest BCUT2D eigenvalue weighted by Gasteiger charge is 2.28. The van der Waals surface area contributed by atoms with Crippen LogP contribution in [0.25, 0.3) is 11.3 Å². The van der Waals surface area contributed by atoms with Crippen LogP contribution in [0, 0.1) is 5.92 Å². The van der Waals surface area contributed by atoms with Crippen LogP contribution in [0.1, 0.15) is 24.8 Å². The van der Waals surface area contributed by atoms with E-state index in [0.717, 1.165) is 23.2 Å². The van der Waals surface area contributed by atoms with E-state index >= 15 is 0 Å². The van der Waals surface area contributed by atoms with Crippen molar-refractivity contribution in [2.75, 3.05) is 23.4 Å². The van der Waals surface area contributed by atoms with Crippen molar-refractivity contribution in [3.8, 4) is 11.3 Å². The fourth-order valence-corrected chi connectivity index (χ4v) is 4.89. The van der Waals surface area contributed by atoms with Gasteiger partial charge < -0.3 is 10.0 Å². The van der Waals surface area contributed by atoms with E-state index in [4.69, 9.17) is 0 Å². The molecular weight excluding hydrogens is 438 g/mol. The first-order valence-corrected chi connectivity index (χ1v) is 11.7. The summed E-state index contributed by atoms with van der Waals surface area (Å²) in [6, 6.07) is 17.0. The lowest BCUT2D eigenvalue weighted by atomic mass is 9.95. The molecule has 1 N–H and O–H groups in total. The van der Waals surface area contributed by atoms with Crippen molar-refractivity contribution in [2.45, 2.75) is 25.7 Å². The zero-order chi connectivity index (χ0) is 23.4. The predicted octanol–water partition coefficient (Wildman–Crippen LogP) is 4.23. The van der Waals surface area contributed by atoms with Crippen molar-refractivity contribution in [3.05, 3.63) is 65.5 Å². The number of carbonyl (C=O) groups is 3. The molecule has 1 aliphatic heterocycles. The van der Waals surface area contributed by atoms with E-state index in [9.17, 15) is 19.5 Å². The summed E-state index contributed by atoms with van der Waals surface area (Å²) in [5, 5.41) is 11.7. The number of carbonyl (C=O) groups excluding carboxylic acids is 2. The Labute approximate surface area is 196 Å². The van der Waals surface area contributed by atoms with Gasteiger partial charge in [-0.3, -0.25) is 19.3 Å². The minimum Gasteiger partial charge on any atom is -0.481 e. The Morgan fingerprint density at radius 1 is 1.15 bits per heavy atom. The van der Waals surface area contributed by atoms with Gasteiger partial charge in [-0.25, -0.2) is 4.98 Å². The Morgan fingerprint density at radius 2 is 1.88 bits per heavy atom. The predicted molar refractivity (Wildman–Crippen MR) is 128 cm³/mol. The molecule has 1 aromatic heterocycles. The first kappa shape index (κ1) is 22.7. The van der Waals surface area contributed by atoms with Gasteiger partial charge in [-0.2, -0.15) is 0 Å². The third-order valence-corrected chi connectivity index (χ3v) is 6.67. The van der Waals surface area contributed by atoms with E-state index in [1.165, 1.54) is 16.2 Å². The summed E-state index contributed by atoms with van der Waals surface area (Å²) in [6.07, 6.45) is 1.46. The first-order chi connectivity index (χ1) is 15.9. The summed E-state index contributed by atoms with van der Waals surface area (Å²) in [4.78, 5) is 44.8. The van der Waals surface area contributed by atoms with Gasteiger partial charge in [0.1, 0.15) is 0 Å². The number of benzene rings is 2. The molecule has 0 spiro atoms. The van der Waals surface area contributed by atoms with Crippen LogP contribution in [-0.4, -0.2) is 41.5 Å². The van der Waals surface area contributed by atoms with Gasteiger partial charge in [0.05, 0.1) is 23.7 Å². The van der Waals surface area contributed by atoms with Gasteiger partial charge in [-0.15, -0.1) is 11.3 Å². The number of nitrogens with zero attached hydrogens (tertiary/aromatic N) is 3. The fourth-order valence-electron chi connectivity index (χ4n) is 4.09. The second-order valence-electron chi connectivity index (χ2n) is 8.06. The topological polar surface area (TPSA) is 90.8 Å². The van der Waals surface area contributed by atoms with Gasteiger partial charge in [-0.1, -0.05) is 48.5 Å². The van der Waals surface area contributed by atoms with E-state index in [2.05, 4.69) is 4.98 Å². The van der Waals surface area contributed by atoms with E-state index in [0.29, 0.717) is 30.2 Å². The maximum absolute atomic E-state index is 13.2. The van der Waals surface area contributed by atoms with Crippen molar-refractivity contribution in [1.82, 2.24) is 4.98 Å². The van der Waals surface area contributed by atoms with Crippen molar-refractivity contribution in [1.29, 1.82) is 0 Å². The Balaban J connectivity index is 1.57. The molecule has 4 rings (SSSR count). The number of rotatable bonds is 8. The maximum Gasteiger partial charge on any atom is 0.304 e. The number of amides is 2. The maximum atomic E-state index is 13.2. The molecule has 1 saturated heterocycles.